The van der Waals surface area contributed by atoms with Crippen LogP contribution in [0.4, 0.5) is 0 Å². The molecule has 0 bridgehead atoms. The lowest BCUT2D eigenvalue weighted by Gasteiger charge is -2.29. The molecule has 1 aliphatic rings. The zero-order chi connectivity index (χ0) is 21.0. The summed E-state index contributed by atoms with van der Waals surface area (Å²) in [4.78, 5) is 0. The van der Waals surface area contributed by atoms with Gasteiger partial charge < -0.3 is 5.11 Å². The second-order valence-electron chi connectivity index (χ2n) is 8.05. The number of aliphatic hydroxyl groups is 1. The normalized spacial score (nSPS) is 16.8. The Labute approximate surface area is 189 Å². The van der Waals surface area contributed by atoms with Crippen LogP contribution in [-0.2, 0) is 5.60 Å². The predicted molar refractivity (Wildman–Crippen MR) is 131 cm³/mol. The molecule has 0 heterocycles. The third-order valence-electron chi connectivity index (χ3n) is 6.36. The fraction of sp³-hybridized carbons (Fsp3) is 0.0345. The van der Waals surface area contributed by atoms with Gasteiger partial charge in [-0.25, -0.2) is 0 Å². The van der Waals surface area contributed by atoms with Crippen LogP contribution in [0.2, 0.25) is 0 Å². The summed E-state index contributed by atoms with van der Waals surface area (Å²) in [5.41, 5.74) is 5.83. The lowest BCUT2D eigenvalue weighted by atomic mass is 9.80. The maximum Gasteiger partial charge on any atom is 0.142 e. The summed E-state index contributed by atoms with van der Waals surface area (Å²) in [6.07, 6.45) is 0. The molecule has 0 aromatic heterocycles. The van der Waals surface area contributed by atoms with Gasteiger partial charge in [-0.1, -0.05) is 107 Å². The molecule has 1 unspecified atom stereocenters. The van der Waals surface area contributed by atoms with E-state index in [4.69, 9.17) is 0 Å². The predicted octanol–water partition coefficient (Wildman–Crippen LogP) is 7.53. The summed E-state index contributed by atoms with van der Waals surface area (Å²) in [5, 5.41) is 14.8. The molecular weight excluding hydrogens is 444 g/mol. The minimum Gasteiger partial charge on any atom is -0.376 e. The van der Waals surface area contributed by atoms with Crippen LogP contribution in [0.1, 0.15) is 16.7 Å². The second kappa shape index (κ2) is 6.91. The van der Waals surface area contributed by atoms with Gasteiger partial charge in [0.25, 0.3) is 0 Å². The summed E-state index contributed by atoms with van der Waals surface area (Å²) in [7, 11) is 0. The van der Waals surface area contributed by atoms with Gasteiger partial charge in [0.15, 0.2) is 0 Å². The fourth-order valence-corrected chi connectivity index (χ4v) is 5.29. The van der Waals surface area contributed by atoms with Crippen molar-refractivity contribution in [2.75, 3.05) is 0 Å². The van der Waals surface area contributed by atoms with Crippen LogP contribution in [-0.4, -0.2) is 5.11 Å². The van der Waals surface area contributed by atoms with Gasteiger partial charge in [-0.3, -0.25) is 0 Å². The molecule has 1 N–H and O–H groups in total. The summed E-state index contributed by atoms with van der Waals surface area (Å²) in [6, 6.07) is 37.4. The van der Waals surface area contributed by atoms with Crippen molar-refractivity contribution < 1.29 is 5.11 Å². The number of fused-ring (bicyclic) bond motifs is 4. The first kappa shape index (κ1) is 18.6. The molecule has 148 valence electrons. The van der Waals surface area contributed by atoms with Crippen LogP contribution in [0.15, 0.2) is 114 Å². The fourth-order valence-electron chi connectivity index (χ4n) is 4.93. The topological polar surface area (TPSA) is 20.2 Å². The molecule has 1 nitrogen and oxygen atoms in total. The van der Waals surface area contributed by atoms with Gasteiger partial charge in [-0.05, 0) is 51.2 Å². The molecule has 0 fully saturated rings. The lowest BCUT2D eigenvalue weighted by Crippen LogP contribution is -2.27. The van der Waals surface area contributed by atoms with Crippen molar-refractivity contribution in [2.24, 2.45) is 0 Å². The average Bonchev–Trinajstić information content (AvgIpc) is 3.08. The molecule has 0 aliphatic heterocycles. The van der Waals surface area contributed by atoms with Gasteiger partial charge in [-0.15, -0.1) is 0 Å². The monoisotopic (exact) mass is 462 g/mol. The Kier molecular flexibility index (Phi) is 4.14. The number of rotatable bonds is 2. The van der Waals surface area contributed by atoms with E-state index in [1.165, 1.54) is 10.8 Å². The van der Waals surface area contributed by atoms with Gasteiger partial charge >= 0.3 is 0 Å². The van der Waals surface area contributed by atoms with Crippen molar-refractivity contribution in [1.29, 1.82) is 0 Å². The van der Waals surface area contributed by atoms with Crippen LogP contribution in [0.3, 0.4) is 0 Å². The van der Waals surface area contributed by atoms with E-state index in [0.29, 0.717) is 0 Å². The van der Waals surface area contributed by atoms with Crippen LogP contribution in [0, 0.1) is 0 Å². The minimum absolute atomic E-state index is 0.902. The Morgan fingerprint density at radius 3 is 1.94 bits per heavy atom. The van der Waals surface area contributed by atoms with Gasteiger partial charge in [0.05, 0.1) is 0 Å². The van der Waals surface area contributed by atoms with Crippen molar-refractivity contribution >= 4 is 26.7 Å². The maximum atomic E-state index is 12.4. The van der Waals surface area contributed by atoms with E-state index < -0.39 is 5.60 Å². The highest BCUT2D eigenvalue weighted by atomic mass is 79.9. The largest absolute Gasteiger partial charge is 0.376 e. The number of hydrogen-bond acceptors (Lipinski definition) is 1. The smallest absolute Gasteiger partial charge is 0.142 e. The minimum atomic E-state index is -1.21. The van der Waals surface area contributed by atoms with Crippen molar-refractivity contribution in [3.8, 4) is 22.3 Å². The van der Waals surface area contributed by atoms with E-state index in [2.05, 4.69) is 82.7 Å². The maximum absolute atomic E-state index is 12.4. The second-order valence-corrected chi connectivity index (χ2v) is 8.97. The third kappa shape index (κ3) is 2.72. The van der Waals surface area contributed by atoms with Gasteiger partial charge in [-0.2, -0.15) is 0 Å². The SMILES string of the molecule is OC1(c2ccccc2-c2ccc3ccccc3c2)c2ccccc2-c2cc(Br)ccc21. The summed E-state index contributed by atoms with van der Waals surface area (Å²) in [6.45, 7) is 0. The van der Waals surface area contributed by atoms with E-state index >= 15 is 0 Å². The van der Waals surface area contributed by atoms with Crippen LogP contribution in [0.5, 0.6) is 0 Å². The Balaban J connectivity index is 1.64. The molecule has 2 heteroatoms. The highest BCUT2D eigenvalue weighted by Gasteiger charge is 2.44. The zero-order valence-electron chi connectivity index (χ0n) is 16.7. The lowest BCUT2D eigenvalue weighted by molar-refractivity contribution is 0.131. The molecule has 31 heavy (non-hydrogen) atoms. The summed E-state index contributed by atoms with van der Waals surface area (Å²) in [5.74, 6) is 0. The molecule has 6 rings (SSSR count). The average molecular weight is 463 g/mol. The molecule has 0 radical (unpaired) electrons. The Bertz CT molecular complexity index is 1470. The standard InChI is InChI=1S/C29H19BrO/c30-22-15-16-28-25(18-22)24-10-4-6-12-27(24)29(28,31)26-11-5-3-9-23(26)21-14-13-19-7-1-2-8-20(19)17-21/h1-18,31H. The molecule has 0 spiro atoms. The van der Waals surface area contributed by atoms with Gasteiger partial charge in [0.1, 0.15) is 5.60 Å². The van der Waals surface area contributed by atoms with Crippen molar-refractivity contribution in [1.82, 2.24) is 0 Å². The Morgan fingerprint density at radius 2 is 1.13 bits per heavy atom. The van der Waals surface area contributed by atoms with Crippen molar-refractivity contribution in [3.63, 3.8) is 0 Å². The van der Waals surface area contributed by atoms with E-state index in [1.807, 2.05) is 42.5 Å². The van der Waals surface area contributed by atoms with E-state index in [-0.39, 0.29) is 0 Å². The zero-order valence-corrected chi connectivity index (χ0v) is 18.3. The first-order valence-corrected chi connectivity index (χ1v) is 11.2. The molecule has 1 atom stereocenters. The van der Waals surface area contributed by atoms with Crippen LogP contribution < -0.4 is 0 Å². The molecule has 0 saturated carbocycles. The summed E-state index contributed by atoms with van der Waals surface area (Å²) >= 11 is 3.60. The van der Waals surface area contributed by atoms with Gasteiger partial charge in [0, 0.05) is 21.2 Å². The summed E-state index contributed by atoms with van der Waals surface area (Å²) < 4.78 is 1.01. The molecule has 5 aromatic carbocycles. The van der Waals surface area contributed by atoms with Crippen molar-refractivity contribution in [2.45, 2.75) is 5.60 Å². The number of benzene rings is 5. The highest BCUT2D eigenvalue weighted by molar-refractivity contribution is 9.10. The van der Waals surface area contributed by atoms with Gasteiger partial charge in [0.2, 0.25) is 0 Å². The van der Waals surface area contributed by atoms with Crippen molar-refractivity contribution in [3.05, 3.63) is 130 Å². The molecule has 1 aliphatic carbocycles. The number of hydrogen-bond donors (Lipinski definition) is 1. The Morgan fingerprint density at radius 1 is 0.516 bits per heavy atom. The highest BCUT2D eigenvalue weighted by Crippen LogP contribution is 2.53. The molecular formula is C29H19BrO. The molecule has 5 aromatic rings. The van der Waals surface area contributed by atoms with E-state index in [1.54, 1.807) is 0 Å². The first-order valence-electron chi connectivity index (χ1n) is 10.4. The quantitative estimate of drug-likeness (QED) is 0.287. The van der Waals surface area contributed by atoms with Crippen LogP contribution in [0.25, 0.3) is 33.0 Å². The van der Waals surface area contributed by atoms with Crippen LogP contribution >= 0.6 is 15.9 Å². The van der Waals surface area contributed by atoms with E-state index in [0.717, 1.165) is 43.4 Å². The third-order valence-corrected chi connectivity index (χ3v) is 6.85. The first-order chi connectivity index (χ1) is 15.2. The molecule has 0 saturated heterocycles. The molecule has 0 amide bonds. The van der Waals surface area contributed by atoms with E-state index in [9.17, 15) is 5.11 Å². The Hall–Kier alpha value is -3.20. The number of halogens is 1.